The fraction of sp³-hybridized carbons (Fsp3) is 0.519. The highest BCUT2D eigenvalue weighted by atomic mass is 16.2. The average Bonchev–Trinajstić information content (AvgIpc) is 3.20. The lowest BCUT2D eigenvalue weighted by molar-refractivity contribution is -0.130. The van der Waals surface area contributed by atoms with Gasteiger partial charge in [0.1, 0.15) is 11.9 Å². The number of carbonyl (C=O) groups is 2. The smallest absolute Gasteiger partial charge is 0.242 e. The van der Waals surface area contributed by atoms with E-state index in [2.05, 4.69) is 66.0 Å². The van der Waals surface area contributed by atoms with E-state index in [0.717, 1.165) is 43.5 Å². The first-order valence-electron chi connectivity index (χ1n) is 12.3. The van der Waals surface area contributed by atoms with Crippen LogP contribution in [0.1, 0.15) is 81.3 Å². The van der Waals surface area contributed by atoms with Crippen molar-refractivity contribution in [1.82, 2.24) is 20.9 Å². The zero-order chi connectivity index (χ0) is 24.5. The summed E-state index contributed by atoms with van der Waals surface area (Å²) < 4.78 is 0. The molecule has 1 aliphatic heterocycles. The predicted octanol–water partition coefficient (Wildman–Crippen LogP) is 3.11. The maximum absolute atomic E-state index is 13.0. The Labute approximate surface area is 202 Å². The van der Waals surface area contributed by atoms with Crippen LogP contribution in [-0.4, -0.2) is 35.4 Å². The molecular formula is C27H37N5O2. The molecule has 34 heavy (non-hydrogen) atoms. The van der Waals surface area contributed by atoms with Crippen LogP contribution in [0, 0.1) is 0 Å². The zero-order valence-corrected chi connectivity index (χ0v) is 20.7. The van der Waals surface area contributed by atoms with Gasteiger partial charge in [0, 0.05) is 5.69 Å². The fourth-order valence-corrected chi connectivity index (χ4v) is 4.98. The fourth-order valence-electron chi connectivity index (χ4n) is 4.98. The molecule has 2 aromatic rings. The van der Waals surface area contributed by atoms with Gasteiger partial charge in [-0.15, -0.1) is 0 Å². The maximum atomic E-state index is 13.0. The number of amides is 2. The number of pyridine rings is 1. The number of hydrogen-bond acceptors (Lipinski definition) is 5. The molecule has 4 rings (SSSR count). The number of anilines is 1. The summed E-state index contributed by atoms with van der Waals surface area (Å²) in [4.78, 5) is 30.1. The van der Waals surface area contributed by atoms with Gasteiger partial charge in [0.05, 0.1) is 12.1 Å². The van der Waals surface area contributed by atoms with Crippen molar-refractivity contribution in [1.29, 1.82) is 0 Å². The number of piperidine rings is 1. The highest BCUT2D eigenvalue weighted by Crippen LogP contribution is 2.31. The Morgan fingerprint density at radius 2 is 1.85 bits per heavy atom. The van der Waals surface area contributed by atoms with Crippen molar-refractivity contribution in [2.24, 2.45) is 0 Å². The normalized spacial score (nSPS) is 23.1. The molecule has 7 heteroatoms. The molecule has 0 radical (unpaired) electrons. The number of nitrogens with two attached hydrogens (primary N) is 1. The van der Waals surface area contributed by atoms with Gasteiger partial charge in [-0.1, -0.05) is 51.1 Å². The summed E-state index contributed by atoms with van der Waals surface area (Å²) in [6.07, 6.45) is 3.29. The molecule has 1 aromatic heterocycles. The standard InChI is InChI=1S/C27H37N5O2/c1-16(25(33)32-22-11-10-21-20(22)9-12-24(28)31-21)30-26(34)23-15-18(13-14-29-23)17-5-7-19(8-6-17)27(2,3)4/h5-9,12,16,18,22-23,29H,10-11,13-15H2,1-4H3,(H2,28,31)(H,30,34)(H,32,33)/t16-,18+,22?,23+/m0/s1. The molecule has 7 nitrogen and oxygen atoms in total. The van der Waals surface area contributed by atoms with Crippen LogP contribution in [0.4, 0.5) is 5.82 Å². The molecular weight excluding hydrogens is 426 g/mol. The Bertz CT molecular complexity index is 1040. The van der Waals surface area contributed by atoms with Crippen LogP contribution in [0.3, 0.4) is 0 Å². The van der Waals surface area contributed by atoms with Gasteiger partial charge in [-0.2, -0.15) is 0 Å². The van der Waals surface area contributed by atoms with E-state index in [0.29, 0.717) is 11.7 Å². The molecule has 1 aliphatic carbocycles. The highest BCUT2D eigenvalue weighted by Gasteiger charge is 2.31. The molecule has 1 saturated heterocycles. The van der Waals surface area contributed by atoms with Crippen molar-refractivity contribution < 1.29 is 9.59 Å². The third-order valence-electron chi connectivity index (χ3n) is 7.11. The molecule has 4 atom stereocenters. The maximum Gasteiger partial charge on any atom is 0.242 e. The molecule has 1 fully saturated rings. The van der Waals surface area contributed by atoms with Crippen LogP contribution >= 0.6 is 0 Å². The summed E-state index contributed by atoms with van der Waals surface area (Å²) in [7, 11) is 0. The van der Waals surface area contributed by atoms with Crippen LogP contribution in [0.25, 0.3) is 0 Å². The summed E-state index contributed by atoms with van der Waals surface area (Å²) in [5.74, 6) is 0.507. The Kier molecular flexibility index (Phi) is 6.94. The molecule has 0 saturated carbocycles. The first kappa shape index (κ1) is 24.2. The second-order valence-electron chi connectivity index (χ2n) is 10.7. The van der Waals surface area contributed by atoms with E-state index in [1.54, 1.807) is 13.0 Å². The molecule has 2 amide bonds. The van der Waals surface area contributed by atoms with Gasteiger partial charge in [-0.25, -0.2) is 4.98 Å². The topological polar surface area (TPSA) is 109 Å². The number of nitrogen functional groups attached to an aromatic ring is 1. The van der Waals surface area contributed by atoms with Gasteiger partial charge in [0.25, 0.3) is 0 Å². The monoisotopic (exact) mass is 463 g/mol. The van der Waals surface area contributed by atoms with E-state index in [4.69, 9.17) is 5.73 Å². The van der Waals surface area contributed by atoms with Crippen molar-refractivity contribution in [2.45, 2.75) is 82.8 Å². The second kappa shape index (κ2) is 9.74. The molecule has 1 aromatic carbocycles. The number of rotatable bonds is 5. The summed E-state index contributed by atoms with van der Waals surface area (Å²) >= 11 is 0. The van der Waals surface area contributed by atoms with E-state index >= 15 is 0 Å². The molecule has 0 bridgehead atoms. The van der Waals surface area contributed by atoms with E-state index in [-0.39, 0.29) is 29.3 Å². The van der Waals surface area contributed by atoms with E-state index in [1.807, 2.05) is 6.07 Å². The summed E-state index contributed by atoms with van der Waals surface area (Å²) in [5.41, 5.74) is 10.4. The first-order chi connectivity index (χ1) is 16.1. The molecule has 1 unspecified atom stereocenters. The van der Waals surface area contributed by atoms with E-state index in [1.165, 1.54) is 11.1 Å². The SMILES string of the molecule is C[C@H](NC(=O)[C@H]1C[C@H](c2ccc(C(C)(C)C)cc2)CCN1)C(=O)NC1CCc2nc(N)ccc21. The van der Waals surface area contributed by atoms with Gasteiger partial charge in [0.15, 0.2) is 0 Å². The van der Waals surface area contributed by atoms with E-state index in [9.17, 15) is 9.59 Å². The number of nitrogens with one attached hydrogen (secondary N) is 3. The lowest BCUT2D eigenvalue weighted by Crippen LogP contribution is -2.53. The Morgan fingerprint density at radius 1 is 1.12 bits per heavy atom. The molecule has 0 spiro atoms. The third kappa shape index (κ3) is 5.41. The van der Waals surface area contributed by atoms with Gasteiger partial charge in [-0.3, -0.25) is 9.59 Å². The van der Waals surface area contributed by atoms with Crippen molar-refractivity contribution in [3.05, 3.63) is 58.8 Å². The summed E-state index contributed by atoms with van der Waals surface area (Å²) in [5, 5.41) is 9.29. The predicted molar refractivity (Wildman–Crippen MR) is 134 cm³/mol. The van der Waals surface area contributed by atoms with Gasteiger partial charge in [0.2, 0.25) is 11.8 Å². The van der Waals surface area contributed by atoms with Crippen LogP contribution < -0.4 is 21.7 Å². The van der Waals surface area contributed by atoms with Crippen molar-refractivity contribution in [3.63, 3.8) is 0 Å². The first-order valence-corrected chi connectivity index (χ1v) is 12.3. The third-order valence-corrected chi connectivity index (χ3v) is 7.11. The number of benzene rings is 1. The van der Waals surface area contributed by atoms with Crippen LogP contribution in [0.15, 0.2) is 36.4 Å². The summed E-state index contributed by atoms with van der Waals surface area (Å²) in [6, 6.07) is 11.5. The van der Waals surface area contributed by atoms with Gasteiger partial charge < -0.3 is 21.7 Å². The molecule has 5 N–H and O–H groups in total. The average molecular weight is 464 g/mol. The van der Waals surface area contributed by atoms with Crippen LogP contribution in [0.2, 0.25) is 0 Å². The lowest BCUT2D eigenvalue weighted by atomic mass is 9.82. The lowest BCUT2D eigenvalue weighted by Gasteiger charge is -2.31. The van der Waals surface area contributed by atoms with Crippen molar-refractivity contribution >= 4 is 17.6 Å². The Balaban J connectivity index is 1.32. The quantitative estimate of drug-likeness (QED) is 0.545. The minimum Gasteiger partial charge on any atom is -0.384 e. The van der Waals surface area contributed by atoms with Crippen LogP contribution in [-0.2, 0) is 21.4 Å². The van der Waals surface area contributed by atoms with Gasteiger partial charge in [-0.05, 0) is 73.2 Å². The molecule has 182 valence electrons. The van der Waals surface area contributed by atoms with Crippen molar-refractivity contribution in [3.8, 4) is 0 Å². The second-order valence-corrected chi connectivity index (χ2v) is 10.7. The number of fused-ring (bicyclic) bond motifs is 1. The minimum absolute atomic E-state index is 0.0943. The number of hydrogen-bond donors (Lipinski definition) is 4. The van der Waals surface area contributed by atoms with Gasteiger partial charge >= 0.3 is 0 Å². The largest absolute Gasteiger partial charge is 0.384 e. The molecule has 2 heterocycles. The minimum atomic E-state index is -0.619. The number of nitrogens with zero attached hydrogens (tertiary/aromatic N) is 1. The van der Waals surface area contributed by atoms with Crippen molar-refractivity contribution in [2.75, 3.05) is 12.3 Å². The molecule has 2 aliphatic rings. The van der Waals surface area contributed by atoms with Crippen LogP contribution in [0.5, 0.6) is 0 Å². The number of aromatic nitrogens is 1. The van der Waals surface area contributed by atoms with E-state index < -0.39 is 6.04 Å². The highest BCUT2D eigenvalue weighted by molar-refractivity contribution is 5.89. The Morgan fingerprint density at radius 3 is 2.56 bits per heavy atom. The number of carbonyl (C=O) groups excluding carboxylic acids is 2. The summed E-state index contributed by atoms with van der Waals surface area (Å²) in [6.45, 7) is 9.14. The Hall–Kier alpha value is -2.93. The zero-order valence-electron chi connectivity index (χ0n) is 20.7. The number of aryl methyl sites for hydroxylation is 1.